The summed E-state index contributed by atoms with van der Waals surface area (Å²) in [6.07, 6.45) is 0. The number of carbonyl (C=O) groups excluding carboxylic acids is 1. The van der Waals surface area contributed by atoms with E-state index < -0.39 is 0 Å². The third-order valence-corrected chi connectivity index (χ3v) is 3.73. The largest absolute Gasteiger partial charge is 0.331 e. The molecule has 21 heavy (non-hydrogen) atoms. The van der Waals surface area contributed by atoms with Crippen molar-refractivity contribution in [1.82, 2.24) is 5.32 Å². The third kappa shape index (κ3) is 4.23. The third-order valence-electron chi connectivity index (χ3n) is 3.48. The zero-order valence-electron chi connectivity index (χ0n) is 12.4. The normalized spacial score (nSPS) is 11.8. The molecular formula is C17H19ClN2O. The zero-order valence-corrected chi connectivity index (χ0v) is 13.2. The van der Waals surface area contributed by atoms with Crippen molar-refractivity contribution in [3.05, 3.63) is 64.2 Å². The Balaban J connectivity index is 1.98. The highest BCUT2D eigenvalue weighted by molar-refractivity contribution is 6.30. The van der Waals surface area contributed by atoms with Crippen molar-refractivity contribution in [2.24, 2.45) is 0 Å². The van der Waals surface area contributed by atoms with Gasteiger partial charge in [-0.2, -0.15) is 0 Å². The van der Waals surface area contributed by atoms with E-state index in [0.29, 0.717) is 10.7 Å². The quantitative estimate of drug-likeness (QED) is 0.837. The van der Waals surface area contributed by atoms with Gasteiger partial charge in [0, 0.05) is 10.7 Å². The molecule has 2 aromatic rings. The van der Waals surface area contributed by atoms with Crippen molar-refractivity contribution < 1.29 is 4.79 Å². The maximum atomic E-state index is 12.0. The minimum absolute atomic E-state index is 0.0587. The summed E-state index contributed by atoms with van der Waals surface area (Å²) in [6.45, 7) is 6.11. The highest BCUT2D eigenvalue weighted by atomic mass is 35.5. The van der Waals surface area contributed by atoms with Gasteiger partial charge in [0.05, 0.1) is 6.04 Å². The molecule has 3 nitrogen and oxygen atoms in total. The van der Waals surface area contributed by atoms with Gasteiger partial charge >= 0.3 is 6.03 Å². The lowest BCUT2D eigenvalue weighted by Crippen LogP contribution is -2.31. The highest BCUT2D eigenvalue weighted by Crippen LogP contribution is 2.17. The monoisotopic (exact) mass is 302 g/mol. The van der Waals surface area contributed by atoms with Crippen LogP contribution in [0.15, 0.2) is 42.5 Å². The molecule has 0 aliphatic rings. The number of hydrogen-bond donors (Lipinski definition) is 2. The summed E-state index contributed by atoms with van der Waals surface area (Å²) in [6, 6.07) is 12.9. The molecule has 0 saturated heterocycles. The first-order valence-electron chi connectivity index (χ1n) is 6.86. The number of rotatable bonds is 3. The van der Waals surface area contributed by atoms with Gasteiger partial charge in [-0.3, -0.25) is 0 Å². The van der Waals surface area contributed by atoms with Crippen molar-refractivity contribution in [3.8, 4) is 0 Å². The lowest BCUT2D eigenvalue weighted by Gasteiger charge is -2.16. The van der Waals surface area contributed by atoms with E-state index in [4.69, 9.17) is 11.6 Å². The molecule has 0 fully saturated rings. The van der Waals surface area contributed by atoms with E-state index in [1.54, 1.807) is 24.3 Å². The van der Waals surface area contributed by atoms with Gasteiger partial charge in [0.2, 0.25) is 0 Å². The van der Waals surface area contributed by atoms with E-state index in [0.717, 1.165) is 5.56 Å². The van der Waals surface area contributed by atoms with Crippen LogP contribution >= 0.6 is 11.6 Å². The summed E-state index contributed by atoms with van der Waals surface area (Å²) in [5.74, 6) is 0. The van der Waals surface area contributed by atoms with E-state index >= 15 is 0 Å². The first-order chi connectivity index (χ1) is 9.95. The minimum Gasteiger partial charge on any atom is -0.331 e. The minimum atomic E-state index is -0.233. The average Bonchev–Trinajstić information content (AvgIpc) is 2.44. The van der Waals surface area contributed by atoms with Crippen LogP contribution in [0.2, 0.25) is 5.02 Å². The summed E-state index contributed by atoms with van der Waals surface area (Å²) in [5, 5.41) is 6.35. The van der Waals surface area contributed by atoms with Crippen LogP contribution in [0, 0.1) is 13.8 Å². The molecule has 110 valence electrons. The fraction of sp³-hybridized carbons (Fsp3) is 0.235. The Bertz CT molecular complexity index is 638. The van der Waals surface area contributed by atoms with Crippen LogP contribution in [-0.4, -0.2) is 6.03 Å². The van der Waals surface area contributed by atoms with Gasteiger partial charge in [0.15, 0.2) is 0 Å². The molecule has 2 aromatic carbocycles. The molecule has 0 aliphatic heterocycles. The Morgan fingerprint density at radius 1 is 1.05 bits per heavy atom. The first kappa shape index (κ1) is 15.4. The topological polar surface area (TPSA) is 41.1 Å². The molecule has 1 atom stereocenters. The van der Waals surface area contributed by atoms with Crippen LogP contribution in [0.1, 0.15) is 29.7 Å². The number of hydrogen-bond acceptors (Lipinski definition) is 1. The summed E-state index contributed by atoms with van der Waals surface area (Å²) < 4.78 is 0. The Morgan fingerprint density at radius 3 is 2.33 bits per heavy atom. The molecular weight excluding hydrogens is 284 g/mol. The van der Waals surface area contributed by atoms with E-state index in [2.05, 4.69) is 36.6 Å². The van der Waals surface area contributed by atoms with Gasteiger partial charge in [0.1, 0.15) is 0 Å². The standard InChI is InChI=1S/C17H19ClN2O/c1-11-4-5-14(10-12(11)2)13(3)19-17(21)20-16-8-6-15(18)7-9-16/h4-10,13H,1-3H3,(H2,19,20,21)/t13-/m1/s1. The van der Waals surface area contributed by atoms with Crippen LogP contribution in [0.5, 0.6) is 0 Å². The molecule has 0 saturated carbocycles. The molecule has 0 spiro atoms. The lowest BCUT2D eigenvalue weighted by atomic mass is 10.0. The van der Waals surface area contributed by atoms with Crippen molar-refractivity contribution in [1.29, 1.82) is 0 Å². The molecule has 4 heteroatoms. The lowest BCUT2D eigenvalue weighted by molar-refractivity contribution is 0.249. The van der Waals surface area contributed by atoms with Crippen molar-refractivity contribution in [2.75, 3.05) is 5.32 Å². The summed E-state index contributed by atoms with van der Waals surface area (Å²) in [7, 11) is 0. The highest BCUT2D eigenvalue weighted by Gasteiger charge is 2.10. The smallest absolute Gasteiger partial charge is 0.319 e. The molecule has 0 bridgehead atoms. The SMILES string of the molecule is Cc1ccc([C@@H](C)NC(=O)Nc2ccc(Cl)cc2)cc1C. The Labute approximate surface area is 130 Å². The van der Waals surface area contributed by atoms with Crippen LogP contribution in [0.3, 0.4) is 0 Å². The van der Waals surface area contributed by atoms with Gasteiger partial charge in [0.25, 0.3) is 0 Å². The van der Waals surface area contributed by atoms with Gasteiger partial charge in [-0.05, 0) is 61.7 Å². The number of anilines is 1. The van der Waals surface area contributed by atoms with Crippen molar-refractivity contribution in [3.63, 3.8) is 0 Å². The van der Waals surface area contributed by atoms with E-state index in [1.807, 2.05) is 13.0 Å². The van der Waals surface area contributed by atoms with Crippen molar-refractivity contribution in [2.45, 2.75) is 26.8 Å². The van der Waals surface area contributed by atoms with Crippen molar-refractivity contribution >= 4 is 23.3 Å². The molecule has 0 unspecified atom stereocenters. The molecule has 0 aliphatic carbocycles. The maximum absolute atomic E-state index is 12.0. The number of nitrogens with one attached hydrogen (secondary N) is 2. The van der Waals surface area contributed by atoms with Crippen LogP contribution in [-0.2, 0) is 0 Å². The predicted molar refractivity (Wildman–Crippen MR) is 87.9 cm³/mol. The molecule has 0 radical (unpaired) electrons. The number of benzene rings is 2. The second-order valence-electron chi connectivity index (χ2n) is 5.17. The molecule has 2 N–H and O–H groups in total. The predicted octanol–water partition coefficient (Wildman–Crippen LogP) is 4.84. The van der Waals surface area contributed by atoms with Gasteiger partial charge in [-0.15, -0.1) is 0 Å². The fourth-order valence-corrected chi connectivity index (χ4v) is 2.14. The summed E-state index contributed by atoms with van der Waals surface area (Å²) in [4.78, 5) is 12.0. The van der Waals surface area contributed by atoms with Crippen LogP contribution in [0.4, 0.5) is 10.5 Å². The van der Waals surface area contributed by atoms with Crippen LogP contribution < -0.4 is 10.6 Å². The maximum Gasteiger partial charge on any atom is 0.319 e. The summed E-state index contributed by atoms with van der Waals surface area (Å²) >= 11 is 5.81. The average molecular weight is 303 g/mol. The number of halogens is 1. The van der Waals surface area contributed by atoms with E-state index in [9.17, 15) is 4.79 Å². The number of urea groups is 1. The zero-order chi connectivity index (χ0) is 15.4. The molecule has 0 aromatic heterocycles. The molecule has 2 amide bonds. The Morgan fingerprint density at radius 2 is 1.71 bits per heavy atom. The van der Waals surface area contributed by atoms with Gasteiger partial charge in [-0.1, -0.05) is 29.8 Å². The van der Waals surface area contributed by atoms with Crippen LogP contribution in [0.25, 0.3) is 0 Å². The number of aryl methyl sites for hydroxylation is 2. The first-order valence-corrected chi connectivity index (χ1v) is 7.24. The van der Waals surface area contributed by atoms with E-state index in [-0.39, 0.29) is 12.1 Å². The second kappa shape index (κ2) is 6.64. The molecule has 0 heterocycles. The van der Waals surface area contributed by atoms with E-state index in [1.165, 1.54) is 11.1 Å². The number of amides is 2. The Hall–Kier alpha value is -2.00. The Kier molecular flexibility index (Phi) is 4.86. The fourth-order valence-electron chi connectivity index (χ4n) is 2.01. The van der Waals surface area contributed by atoms with Gasteiger partial charge < -0.3 is 10.6 Å². The molecule has 2 rings (SSSR count). The number of carbonyl (C=O) groups is 1. The van der Waals surface area contributed by atoms with Gasteiger partial charge in [-0.25, -0.2) is 4.79 Å². The second-order valence-corrected chi connectivity index (χ2v) is 5.61. The summed E-state index contributed by atoms with van der Waals surface area (Å²) in [5.41, 5.74) is 4.27.